The molecule has 0 spiro atoms. The van der Waals surface area contributed by atoms with Gasteiger partial charge in [-0.2, -0.15) is 0 Å². The van der Waals surface area contributed by atoms with Crippen LogP contribution in [-0.4, -0.2) is 6.04 Å². The summed E-state index contributed by atoms with van der Waals surface area (Å²) >= 11 is 0. The second kappa shape index (κ2) is 4.26. The predicted molar refractivity (Wildman–Crippen MR) is 56.4 cm³/mol. The van der Waals surface area contributed by atoms with Crippen molar-refractivity contribution in [1.29, 1.82) is 0 Å². The molecule has 14 heavy (non-hydrogen) atoms. The summed E-state index contributed by atoms with van der Waals surface area (Å²) in [4.78, 5) is 0. The van der Waals surface area contributed by atoms with Crippen molar-refractivity contribution in [3.05, 3.63) is 34.6 Å². The molecule has 74 valence electrons. The predicted octanol–water partition coefficient (Wildman–Crippen LogP) is 2.14. The molecule has 0 amide bonds. The Kier molecular flexibility index (Phi) is 3.27. The first kappa shape index (κ1) is 10.7. The van der Waals surface area contributed by atoms with Crippen molar-refractivity contribution in [2.24, 2.45) is 5.73 Å². The quantitative estimate of drug-likeness (QED) is 0.625. The average molecular weight is 191 g/mol. The topological polar surface area (TPSA) is 26.0 Å². The molecule has 0 aliphatic rings. The van der Waals surface area contributed by atoms with E-state index in [9.17, 15) is 4.39 Å². The van der Waals surface area contributed by atoms with E-state index in [1.807, 2.05) is 19.9 Å². The third-order valence-electron chi connectivity index (χ3n) is 1.86. The molecule has 0 aromatic heterocycles. The van der Waals surface area contributed by atoms with Crippen molar-refractivity contribution < 1.29 is 4.39 Å². The molecule has 0 heterocycles. The van der Waals surface area contributed by atoms with Crippen LogP contribution >= 0.6 is 0 Å². The summed E-state index contributed by atoms with van der Waals surface area (Å²) < 4.78 is 13.4. The van der Waals surface area contributed by atoms with Crippen molar-refractivity contribution in [2.45, 2.75) is 26.8 Å². The lowest BCUT2D eigenvalue weighted by molar-refractivity contribution is 0.621. The van der Waals surface area contributed by atoms with Gasteiger partial charge in [0.2, 0.25) is 0 Å². The van der Waals surface area contributed by atoms with Crippen molar-refractivity contribution in [3.63, 3.8) is 0 Å². The van der Waals surface area contributed by atoms with Crippen LogP contribution in [0.25, 0.3) is 0 Å². The summed E-state index contributed by atoms with van der Waals surface area (Å²) in [5, 5.41) is 0. The Labute approximate surface area is 84.1 Å². The highest BCUT2D eigenvalue weighted by molar-refractivity contribution is 5.44. The third kappa shape index (κ3) is 2.58. The van der Waals surface area contributed by atoms with Crippen LogP contribution in [0.3, 0.4) is 0 Å². The van der Waals surface area contributed by atoms with Crippen molar-refractivity contribution in [3.8, 4) is 11.8 Å². The molecule has 1 unspecified atom stereocenters. The number of hydrogen-bond acceptors (Lipinski definition) is 1. The van der Waals surface area contributed by atoms with Gasteiger partial charge in [-0.25, -0.2) is 4.39 Å². The Morgan fingerprint density at radius 2 is 2.00 bits per heavy atom. The molecular weight excluding hydrogens is 177 g/mol. The number of halogens is 1. The number of nitrogens with two attached hydrogens (primary N) is 1. The average Bonchev–Trinajstić information content (AvgIpc) is 2.01. The van der Waals surface area contributed by atoms with E-state index in [0.29, 0.717) is 5.56 Å². The van der Waals surface area contributed by atoms with Gasteiger partial charge in [0.1, 0.15) is 5.82 Å². The summed E-state index contributed by atoms with van der Waals surface area (Å²) in [6.45, 7) is 5.48. The molecule has 0 fully saturated rings. The normalized spacial score (nSPS) is 11.8. The smallest absolute Gasteiger partial charge is 0.139 e. The minimum absolute atomic E-state index is 0.227. The minimum atomic E-state index is -0.268. The van der Waals surface area contributed by atoms with Gasteiger partial charge in [-0.1, -0.05) is 17.9 Å². The highest BCUT2D eigenvalue weighted by atomic mass is 19.1. The Morgan fingerprint density at radius 3 is 2.50 bits per heavy atom. The zero-order valence-electron chi connectivity index (χ0n) is 8.69. The zero-order valence-corrected chi connectivity index (χ0v) is 8.69. The molecule has 2 heteroatoms. The molecule has 0 bridgehead atoms. The molecule has 1 atom stereocenters. The maximum Gasteiger partial charge on any atom is 0.139 e. The second-order valence-electron chi connectivity index (χ2n) is 3.50. The first-order chi connectivity index (χ1) is 6.50. The van der Waals surface area contributed by atoms with Gasteiger partial charge in [-0.3, -0.25) is 0 Å². The van der Waals surface area contributed by atoms with E-state index < -0.39 is 0 Å². The van der Waals surface area contributed by atoms with E-state index in [2.05, 4.69) is 11.8 Å². The standard InChI is InChI=1S/C12H14FN/c1-8-6-9(2)11(12(13)7-8)5-4-10(3)14/h6-7,10H,14H2,1-3H3. The van der Waals surface area contributed by atoms with Crippen LogP contribution in [0.2, 0.25) is 0 Å². The van der Waals surface area contributed by atoms with Gasteiger partial charge in [0.05, 0.1) is 11.6 Å². The van der Waals surface area contributed by atoms with Crippen molar-refractivity contribution in [2.75, 3.05) is 0 Å². The van der Waals surface area contributed by atoms with Crippen molar-refractivity contribution in [1.82, 2.24) is 0 Å². The summed E-state index contributed by atoms with van der Waals surface area (Å²) in [5.41, 5.74) is 7.69. The molecule has 1 nitrogen and oxygen atoms in total. The first-order valence-corrected chi connectivity index (χ1v) is 4.54. The maximum absolute atomic E-state index is 13.4. The van der Waals surface area contributed by atoms with Gasteiger partial charge in [-0.05, 0) is 38.0 Å². The monoisotopic (exact) mass is 191 g/mol. The van der Waals surface area contributed by atoms with Crippen LogP contribution in [0.4, 0.5) is 4.39 Å². The lowest BCUT2D eigenvalue weighted by Crippen LogP contribution is -2.11. The van der Waals surface area contributed by atoms with E-state index in [1.165, 1.54) is 6.07 Å². The number of rotatable bonds is 0. The van der Waals surface area contributed by atoms with E-state index >= 15 is 0 Å². The first-order valence-electron chi connectivity index (χ1n) is 4.54. The fourth-order valence-corrected chi connectivity index (χ4v) is 1.26. The van der Waals surface area contributed by atoms with Gasteiger partial charge in [0.15, 0.2) is 0 Å². The molecule has 0 saturated heterocycles. The number of aryl methyl sites for hydroxylation is 2. The van der Waals surface area contributed by atoms with Crippen LogP contribution < -0.4 is 5.73 Å². The lowest BCUT2D eigenvalue weighted by atomic mass is 10.1. The Balaban J connectivity index is 3.17. The van der Waals surface area contributed by atoms with Crippen LogP contribution in [0, 0.1) is 31.5 Å². The third-order valence-corrected chi connectivity index (χ3v) is 1.86. The fourth-order valence-electron chi connectivity index (χ4n) is 1.26. The Hall–Kier alpha value is -1.33. The summed E-state index contributed by atoms with van der Waals surface area (Å²) in [5.74, 6) is 5.24. The van der Waals surface area contributed by atoms with E-state index in [-0.39, 0.29) is 11.9 Å². The van der Waals surface area contributed by atoms with Gasteiger partial charge < -0.3 is 5.73 Å². The number of benzene rings is 1. The van der Waals surface area contributed by atoms with Gasteiger partial charge >= 0.3 is 0 Å². The molecular formula is C12H14FN. The molecule has 0 radical (unpaired) electrons. The minimum Gasteiger partial charge on any atom is -0.318 e. The van der Waals surface area contributed by atoms with E-state index in [0.717, 1.165) is 11.1 Å². The van der Waals surface area contributed by atoms with Gasteiger partial charge in [-0.15, -0.1) is 0 Å². The molecule has 2 N–H and O–H groups in total. The fraction of sp³-hybridized carbons (Fsp3) is 0.333. The summed E-state index contributed by atoms with van der Waals surface area (Å²) in [6, 6.07) is 3.17. The zero-order chi connectivity index (χ0) is 10.7. The Bertz CT molecular complexity index is 374. The van der Waals surface area contributed by atoms with Gasteiger partial charge in [0, 0.05) is 0 Å². The van der Waals surface area contributed by atoms with E-state index in [4.69, 9.17) is 5.73 Å². The van der Waals surface area contributed by atoms with Gasteiger partial charge in [0.25, 0.3) is 0 Å². The largest absolute Gasteiger partial charge is 0.318 e. The highest BCUT2D eigenvalue weighted by Crippen LogP contribution is 2.14. The van der Waals surface area contributed by atoms with E-state index in [1.54, 1.807) is 6.92 Å². The van der Waals surface area contributed by atoms with Crippen LogP contribution in [0.1, 0.15) is 23.6 Å². The van der Waals surface area contributed by atoms with Crippen LogP contribution in [0.15, 0.2) is 12.1 Å². The second-order valence-corrected chi connectivity index (χ2v) is 3.50. The molecule has 1 aromatic carbocycles. The summed E-state index contributed by atoms with van der Waals surface area (Å²) in [7, 11) is 0. The molecule has 0 aliphatic carbocycles. The maximum atomic E-state index is 13.4. The molecule has 0 saturated carbocycles. The lowest BCUT2D eigenvalue weighted by Gasteiger charge is -2.02. The SMILES string of the molecule is Cc1cc(C)c(C#CC(C)N)c(F)c1. The molecule has 1 aromatic rings. The summed E-state index contributed by atoms with van der Waals surface area (Å²) in [6.07, 6.45) is 0. The highest BCUT2D eigenvalue weighted by Gasteiger charge is 2.03. The molecule has 1 rings (SSSR count). The van der Waals surface area contributed by atoms with Crippen LogP contribution in [-0.2, 0) is 0 Å². The Morgan fingerprint density at radius 1 is 1.36 bits per heavy atom. The van der Waals surface area contributed by atoms with Crippen LogP contribution in [0.5, 0.6) is 0 Å². The number of hydrogen-bond donors (Lipinski definition) is 1. The molecule has 0 aliphatic heterocycles. The van der Waals surface area contributed by atoms with Crippen molar-refractivity contribution >= 4 is 0 Å².